The van der Waals surface area contributed by atoms with Crippen LogP contribution >= 0.6 is 0 Å². The molecule has 0 aliphatic heterocycles. The highest BCUT2D eigenvalue weighted by molar-refractivity contribution is 4.91. The van der Waals surface area contributed by atoms with Crippen molar-refractivity contribution < 1.29 is 0 Å². The third kappa shape index (κ3) is 1.98. The van der Waals surface area contributed by atoms with Crippen LogP contribution in [-0.2, 0) is 0 Å². The second-order valence-electron chi connectivity index (χ2n) is 4.07. The lowest BCUT2D eigenvalue weighted by molar-refractivity contribution is 0.392. The summed E-state index contributed by atoms with van der Waals surface area (Å²) in [4.78, 5) is 4.12. The fraction of sp³-hybridized carbons (Fsp3) is 0.727. The van der Waals surface area contributed by atoms with Gasteiger partial charge in [-0.2, -0.15) is 0 Å². The maximum absolute atomic E-state index is 4.12. The van der Waals surface area contributed by atoms with Gasteiger partial charge in [-0.1, -0.05) is 6.92 Å². The Balaban J connectivity index is 1.97. The average molecular weight is 193 g/mol. The molecule has 2 unspecified atom stereocenters. The van der Waals surface area contributed by atoms with Gasteiger partial charge in [-0.25, -0.2) is 4.98 Å². The summed E-state index contributed by atoms with van der Waals surface area (Å²) in [7, 11) is 0. The van der Waals surface area contributed by atoms with Gasteiger partial charge in [-0.05, 0) is 32.2 Å². The van der Waals surface area contributed by atoms with Gasteiger partial charge in [0, 0.05) is 24.5 Å². The summed E-state index contributed by atoms with van der Waals surface area (Å²) in [5.41, 5.74) is 0. The molecule has 0 saturated heterocycles. The molecule has 0 radical (unpaired) electrons. The maximum Gasteiger partial charge on any atom is 0.0949 e. The molecule has 78 valence electrons. The first kappa shape index (κ1) is 9.71. The number of hydrogen-bond acceptors (Lipinski definition) is 2. The Morgan fingerprint density at radius 2 is 2.43 bits per heavy atom. The van der Waals surface area contributed by atoms with Gasteiger partial charge in [0.15, 0.2) is 0 Å². The van der Waals surface area contributed by atoms with Gasteiger partial charge in [0.25, 0.3) is 0 Å². The summed E-state index contributed by atoms with van der Waals surface area (Å²) in [5.74, 6) is 0. The highest BCUT2D eigenvalue weighted by atomic mass is 15.1. The molecule has 1 aromatic heterocycles. The molecule has 2 atom stereocenters. The van der Waals surface area contributed by atoms with E-state index >= 15 is 0 Å². The van der Waals surface area contributed by atoms with Crippen LogP contribution in [0.4, 0.5) is 0 Å². The van der Waals surface area contributed by atoms with Crippen LogP contribution in [0.1, 0.15) is 38.6 Å². The van der Waals surface area contributed by atoms with Crippen molar-refractivity contribution in [1.82, 2.24) is 14.9 Å². The van der Waals surface area contributed by atoms with Crippen LogP contribution in [0.15, 0.2) is 18.7 Å². The van der Waals surface area contributed by atoms with E-state index in [4.69, 9.17) is 0 Å². The Bertz CT molecular complexity index is 256. The number of nitrogens with one attached hydrogen (secondary N) is 1. The van der Waals surface area contributed by atoms with Gasteiger partial charge in [-0.3, -0.25) is 0 Å². The standard InChI is InChI=1S/C11H19N3/c1-2-6-13-10-4-3-5-11(10)14-8-7-12-9-14/h7-11,13H,2-6H2,1H3. The minimum atomic E-state index is 0.629. The molecule has 1 aromatic rings. The van der Waals surface area contributed by atoms with E-state index in [9.17, 15) is 0 Å². The monoisotopic (exact) mass is 193 g/mol. The molecule has 1 aliphatic rings. The van der Waals surface area contributed by atoms with Crippen LogP contribution in [0, 0.1) is 0 Å². The molecule has 1 N–H and O–H groups in total. The summed E-state index contributed by atoms with van der Waals surface area (Å²) in [6.45, 7) is 3.35. The molecule has 2 rings (SSSR count). The summed E-state index contributed by atoms with van der Waals surface area (Å²) in [5, 5.41) is 3.62. The van der Waals surface area contributed by atoms with Crippen molar-refractivity contribution in [3.05, 3.63) is 18.7 Å². The van der Waals surface area contributed by atoms with Gasteiger partial charge in [0.1, 0.15) is 0 Å². The molecule has 0 aromatic carbocycles. The molecule has 1 heterocycles. The molecule has 14 heavy (non-hydrogen) atoms. The molecule has 1 saturated carbocycles. The quantitative estimate of drug-likeness (QED) is 0.792. The van der Waals surface area contributed by atoms with Crippen molar-refractivity contribution in [3.63, 3.8) is 0 Å². The second kappa shape index (κ2) is 4.60. The van der Waals surface area contributed by atoms with E-state index in [1.54, 1.807) is 0 Å². The smallest absolute Gasteiger partial charge is 0.0949 e. The first-order valence-corrected chi connectivity index (χ1v) is 5.62. The van der Waals surface area contributed by atoms with Crippen LogP contribution in [0.25, 0.3) is 0 Å². The largest absolute Gasteiger partial charge is 0.333 e. The fourth-order valence-corrected chi connectivity index (χ4v) is 2.33. The van der Waals surface area contributed by atoms with Crippen LogP contribution in [0.2, 0.25) is 0 Å². The summed E-state index contributed by atoms with van der Waals surface area (Å²) >= 11 is 0. The summed E-state index contributed by atoms with van der Waals surface area (Å²) in [6, 6.07) is 1.29. The highest BCUT2D eigenvalue weighted by Gasteiger charge is 2.27. The summed E-state index contributed by atoms with van der Waals surface area (Å²) < 4.78 is 2.25. The predicted octanol–water partition coefficient (Wildman–Crippen LogP) is 1.98. The molecule has 1 aliphatic carbocycles. The molecule has 3 nitrogen and oxygen atoms in total. The van der Waals surface area contributed by atoms with Crippen molar-refractivity contribution in [2.24, 2.45) is 0 Å². The number of rotatable bonds is 4. The van der Waals surface area contributed by atoms with E-state index < -0.39 is 0 Å². The van der Waals surface area contributed by atoms with E-state index in [1.807, 2.05) is 12.5 Å². The van der Waals surface area contributed by atoms with Gasteiger partial charge in [0.2, 0.25) is 0 Å². The first-order valence-electron chi connectivity index (χ1n) is 5.62. The van der Waals surface area contributed by atoms with E-state index in [0.29, 0.717) is 12.1 Å². The average Bonchev–Trinajstić information content (AvgIpc) is 2.84. The van der Waals surface area contributed by atoms with Crippen LogP contribution in [0.3, 0.4) is 0 Å². The van der Waals surface area contributed by atoms with Crippen LogP contribution in [-0.4, -0.2) is 22.1 Å². The van der Waals surface area contributed by atoms with E-state index in [0.717, 1.165) is 6.54 Å². The number of aromatic nitrogens is 2. The van der Waals surface area contributed by atoms with Gasteiger partial charge in [0.05, 0.1) is 6.33 Å². The van der Waals surface area contributed by atoms with Crippen molar-refractivity contribution in [3.8, 4) is 0 Å². The molecule has 0 bridgehead atoms. The van der Waals surface area contributed by atoms with E-state index in [2.05, 4.69) is 28.0 Å². The maximum atomic E-state index is 4.12. The molecule has 0 spiro atoms. The first-order chi connectivity index (χ1) is 6.92. The number of imidazole rings is 1. The number of hydrogen-bond donors (Lipinski definition) is 1. The Labute approximate surface area is 85.5 Å². The highest BCUT2D eigenvalue weighted by Crippen LogP contribution is 2.29. The van der Waals surface area contributed by atoms with Crippen LogP contribution in [0.5, 0.6) is 0 Å². The zero-order valence-corrected chi connectivity index (χ0v) is 8.82. The Morgan fingerprint density at radius 3 is 3.14 bits per heavy atom. The van der Waals surface area contributed by atoms with E-state index in [-0.39, 0.29) is 0 Å². The molecular formula is C11H19N3. The molecular weight excluding hydrogens is 174 g/mol. The van der Waals surface area contributed by atoms with Crippen LogP contribution < -0.4 is 5.32 Å². The SMILES string of the molecule is CCCNC1CCCC1n1ccnc1. The topological polar surface area (TPSA) is 29.9 Å². The van der Waals surface area contributed by atoms with Crippen molar-refractivity contribution in [1.29, 1.82) is 0 Å². The molecule has 0 amide bonds. The third-order valence-corrected chi connectivity index (χ3v) is 3.04. The second-order valence-corrected chi connectivity index (χ2v) is 4.07. The lowest BCUT2D eigenvalue weighted by Gasteiger charge is -2.21. The lowest BCUT2D eigenvalue weighted by atomic mass is 10.1. The van der Waals surface area contributed by atoms with Gasteiger partial charge < -0.3 is 9.88 Å². The van der Waals surface area contributed by atoms with Gasteiger partial charge >= 0.3 is 0 Å². The van der Waals surface area contributed by atoms with Crippen molar-refractivity contribution >= 4 is 0 Å². The normalized spacial score (nSPS) is 26.9. The lowest BCUT2D eigenvalue weighted by Crippen LogP contribution is -2.33. The summed E-state index contributed by atoms with van der Waals surface area (Å²) in [6.07, 6.45) is 11.0. The minimum Gasteiger partial charge on any atom is -0.333 e. The fourth-order valence-electron chi connectivity index (χ4n) is 2.33. The Morgan fingerprint density at radius 1 is 1.50 bits per heavy atom. The molecule has 1 fully saturated rings. The third-order valence-electron chi connectivity index (χ3n) is 3.04. The Hall–Kier alpha value is -0.830. The van der Waals surface area contributed by atoms with Gasteiger partial charge in [-0.15, -0.1) is 0 Å². The molecule has 3 heteroatoms. The van der Waals surface area contributed by atoms with Crippen molar-refractivity contribution in [2.75, 3.05) is 6.54 Å². The zero-order valence-electron chi connectivity index (χ0n) is 8.82. The Kier molecular flexibility index (Phi) is 3.19. The number of nitrogens with zero attached hydrogens (tertiary/aromatic N) is 2. The zero-order chi connectivity index (χ0) is 9.80. The van der Waals surface area contributed by atoms with Crippen molar-refractivity contribution in [2.45, 2.75) is 44.7 Å². The van der Waals surface area contributed by atoms with E-state index in [1.165, 1.54) is 25.7 Å². The predicted molar refractivity (Wildman–Crippen MR) is 57.2 cm³/mol. The minimum absolute atomic E-state index is 0.629.